The molecule has 1 amide bonds. The number of para-hydroxylation sites is 2. The van der Waals surface area contributed by atoms with Crippen LogP contribution in [0.4, 0.5) is 5.69 Å². The van der Waals surface area contributed by atoms with Crippen molar-refractivity contribution in [3.05, 3.63) is 53.0 Å². The largest absolute Gasteiger partial charge is 0.495 e. The van der Waals surface area contributed by atoms with E-state index in [1.807, 2.05) is 0 Å². The van der Waals surface area contributed by atoms with E-state index >= 15 is 0 Å². The summed E-state index contributed by atoms with van der Waals surface area (Å²) in [6.45, 7) is 1.47. The lowest BCUT2D eigenvalue weighted by Gasteiger charge is -2.16. The first-order valence-electron chi connectivity index (χ1n) is 7.05. The van der Waals surface area contributed by atoms with Crippen molar-refractivity contribution in [3.63, 3.8) is 0 Å². The second kappa shape index (κ2) is 7.78. The maximum atomic E-state index is 12.3. The molecule has 0 aliphatic rings. The highest BCUT2D eigenvalue weighted by atomic mass is 79.9. The van der Waals surface area contributed by atoms with E-state index in [2.05, 4.69) is 26.0 Å². The number of methoxy groups -OCH3 is 1. The van der Waals surface area contributed by atoms with Crippen molar-refractivity contribution in [3.8, 4) is 5.75 Å². The van der Waals surface area contributed by atoms with Crippen molar-refractivity contribution >= 4 is 37.5 Å². The lowest BCUT2D eigenvalue weighted by atomic mass is 10.2. The summed E-state index contributed by atoms with van der Waals surface area (Å²) in [7, 11) is -2.30. The minimum atomic E-state index is -3.79. The molecule has 0 aliphatic heterocycles. The number of sulfonamides is 1. The monoisotopic (exact) mass is 412 g/mol. The second-order valence-electron chi connectivity index (χ2n) is 4.99. The third-order valence-electron chi connectivity index (χ3n) is 3.21. The minimum Gasteiger partial charge on any atom is -0.495 e. The maximum Gasteiger partial charge on any atom is 0.242 e. The summed E-state index contributed by atoms with van der Waals surface area (Å²) in [5.74, 6) is 0.00834. The molecule has 2 aromatic carbocycles. The molecule has 0 aliphatic carbocycles. The van der Waals surface area contributed by atoms with E-state index in [9.17, 15) is 13.2 Å². The van der Waals surface area contributed by atoms with Gasteiger partial charge in [-0.2, -0.15) is 4.72 Å². The molecule has 0 heterocycles. The third-order valence-corrected chi connectivity index (χ3v) is 5.30. The first-order valence-corrected chi connectivity index (χ1v) is 9.33. The Labute approximate surface area is 149 Å². The zero-order chi connectivity index (χ0) is 17.7. The summed E-state index contributed by atoms with van der Waals surface area (Å²) in [5, 5.41) is 2.65. The minimum absolute atomic E-state index is 0.0858. The van der Waals surface area contributed by atoms with Gasteiger partial charge in [0.2, 0.25) is 15.9 Å². The first-order chi connectivity index (χ1) is 11.3. The normalized spacial score (nSPS) is 12.5. The number of halogens is 1. The number of hydrogen-bond acceptors (Lipinski definition) is 4. The van der Waals surface area contributed by atoms with Gasteiger partial charge in [-0.3, -0.25) is 4.79 Å². The lowest BCUT2D eigenvalue weighted by Crippen LogP contribution is -2.41. The van der Waals surface area contributed by atoms with Crippen LogP contribution in [0.3, 0.4) is 0 Å². The van der Waals surface area contributed by atoms with Gasteiger partial charge in [-0.05, 0) is 43.3 Å². The average Bonchev–Trinajstić information content (AvgIpc) is 2.55. The molecule has 8 heteroatoms. The van der Waals surface area contributed by atoms with E-state index in [-0.39, 0.29) is 4.90 Å². The van der Waals surface area contributed by atoms with Crippen LogP contribution in [-0.2, 0) is 14.8 Å². The number of carbonyl (C=O) groups is 1. The Morgan fingerprint density at radius 2 is 1.75 bits per heavy atom. The Morgan fingerprint density at radius 3 is 2.38 bits per heavy atom. The third kappa shape index (κ3) is 4.56. The molecule has 0 radical (unpaired) electrons. The maximum absolute atomic E-state index is 12.3. The molecule has 0 saturated carbocycles. The van der Waals surface area contributed by atoms with Crippen LogP contribution in [-0.4, -0.2) is 27.5 Å². The average molecular weight is 413 g/mol. The molecule has 2 N–H and O–H groups in total. The van der Waals surface area contributed by atoms with Gasteiger partial charge in [-0.25, -0.2) is 8.42 Å². The molecule has 0 fully saturated rings. The molecule has 1 unspecified atom stereocenters. The SMILES string of the molecule is COc1ccccc1NC(=O)C(C)NS(=O)(=O)c1ccc(Br)cc1. The number of amides is 1. The van der Waals surface area contributed by atoms with Crippen molar-refractivity contribution in [2.75, 3.05) is 12.4 Å². The van der Waals surface area contributed by atoms with Crippen molar-refractivity contribution in [2.24, 2.45) is 0 Å². The summed E-state index contributed by atoms with van der Waals surface area (Å²) in [6, 6.07) is 12.1. The molecule has 2 rings (SSSR count). The lowest BCUT2D eigenvalue weighted by molar-refractivity contribution is -0.117. The van der Waals surface area contributed by atoms with Crippen molar-refractivity contribution < 1.29 is 17.9 Å². The Hall–Kier alpha value is -1.90. The number of ether oxygens (including phenoxy) is 1. The fraction of sp³-hybridized carbons (Fsp3) is 0.188. The van der Waals surface area contributed by atoms with Crippen LogP contribution in [0.25, 0.3) is 0 Å². The molecular weight excluding hydrogens is 396 g/mol. The number of anilines is 1. The van der Waals surface area contributed by atoms with Gasteiger partial charge in [0.25, 0.3) is 0 Å². The molecule has 128 valence electrons. The number of benzene rings is 2. The van der Waals surface area contributed by atoms with Crippen LogP contribution in [0.1, 0.15) is 6.92 Å². The van der Waals surface area contributed by atoms with E-state index in [0.29, 0.717) is 11.4 Å². The van der Waals surface area contributed by atoms with Gasteiger partial charge in [0.1, 0.15) is 5.75 Å². The van der Waals surface area contributed by atoms with Crippen LogP contribution >= 0.6 is 15.9 Å². The smallest absolute Gasteiger partial charge is 0.242 e. The Kier molecular flexibility index (Phi) is 5.98. The summed E-state index contributed by atoms with van der Waals surface area (Å²) < 4.78 is 32.9. The second-order valence-corrected chi connectivity index (χ2v) is 7.62. The van der Waals surface area contributed by atoms with E-state index in [4.69, 9.17) is 4.74 Å². The quantitative estimate of drug-likeness (QED) is 0.763. The number of nitrogens with one attached hydrogen (secondary N) is 2. The van der Waals surface area contributed by atoms with Gasteiger partial charge in [-0.1, -0.05) is 28.1 Å². The van der Waals surface area contributed by atoms with Crippen molar-refractivity contribution in [1.82, 2.24) is 4.72 Å². The zero-order valence-electron chi connectivity index (χ0n) is 13.1. The predicted molar refractivity (Wildman–Crippen MR) is 95.5 cm³/mol. The van der Waals surface area contributed by atoms with E-state index in [1.165, 1.54) is 26.2 Å². The fourth-order valence-corrected chi connectivity index (χ4v) is 3.42. The molecule has 0 bridgehead atoms. The van der Waals surface area contributed by atoms with Crippen LogP contribution in [0, 0.1) is 0 Å². The van der Waals surface area contributed by atoms with Crippen LogP contribution in [0.5, 0.6) is 5.75 Å². The van der Waals surface area contributed by atoms with E-state index in [0.717, 1.165) is 4.47 Å². The Balaban J connectivity index is 2.09. The highest BCUT2D eigenvalue weighted by molar-refractivity contribution is 9.10. The molecule has 24 heavy (non-hydrogen) atoms. The van der Waals surface area contributed by atoms with Gasteiger partial charge in [0.15, 0.2) is 0 Å². The summed E-state index contributed by atoms with van der Waals surface area (Å²) in [5.41, 5.74) is 0.472. The fourth-order valence-electron chi connectivity index (χ4n) is 1.96. The summed E-state index contributed by atoms with van der Waals surface area (Å²) in [6.07, 6.45) is 0. The molecule has 2 aromatic rings. The van der Waals surface area contributed by atoms with E-state index < -0.39 is 22.0 Å². The number of carbonyl (C=O) groups excluding carboxylic acids is 1. The van der Waals surface area contributed by atoms with Crippen molar-refractivity contribution in [2.45, 2.75) is 17.9 Å². The van der Waals surface area contributed by atoms with Crippen molar-refractivity contribution in [1.29, 1.82) is 0 Å². The topological polar surface area (TPSA) is 84.5 Å². The van der Waals surface area contributed by atoms with Gasteiger partial charge < -0.3 is 10.1 Å². The zero-order valence-corrected chi connectivity index (χ0v) is 15.5. The van der Waals surface area contributed by atoms with Gasteiger partial charge >= 0.3 is 0 Å². The summed E-state index contributed by atoms with van der Waals surface area (Å²) >= 11 is 3.25. The predicted octanol–water partition coefficient (Wildman–Crippen LogP) is 2.76. The Bertz CT molecular complexity index is 822. The number of rotatable bonds is 6. The number of hydrogen-bond donors (Lipinski definition) is 2. The molecule has 0 spiro atoms. The first kappa shape index (κ1) is 18.4. The van der Waals surface area contributed by atoms with Crippen LogP contribution < -0.4 is 14.8 Å². The molecule has 0 saturated heterocycles. The van der Waals surface area contributed by atoms with Gasteiger partial charge in [-0.15, -0.1) is 0 Å². The molecule has 0 aromatic heterocycles. The highest BCUT2D eigenvalue weighted by Crippen LogP contribution is 2.23. The highest BCUT2D eigenvalue weighted by Gasteiger charge is 2.22. The standard InChI is InChI=1S/C16H17BrN2O4S/c1-11(16(20)18-14-5-3-4-6-15(14)23-2)19-24(21,22)13-9-7-12(17)8-10-13/h3-11,19H,1-2H3,(H,18,20). The molecule has 1 atom stereocenters. The summed E-state index contributed by atoms with van der Waals surface area (Å²) in [4.78, 5) is 12.3. The van der Waals surface area contributed by atoms with Gasteiger partial charge in [0, 0.05) is 4.47 Å². The molecule has 6 nitrogen and oxygen atoms in total. The van der Waals surface area contributed by atoms with Crippen LogP contribution in [0.2, 0.25) is 0 Å². The Morgan fingerprint density at radius 1 is 1.12 bits per heavy atom. The van der Waals surface area contributed by atoms with Crippen LogP contribution in [0.15, 0.2) is 57.9 Å². The van der Waals surface area contributed by atoms with Gasteiger partial charge in [0.05, 0.1) is 23.7 Å². The van der Waals surface area contributed by atoms with E-state index in [1.54, 1.807) is 36.4 Å². The molecular formula is C16H17BrN2O4S.